The molecule has 0 saturated heterocycles. The molecule has 1 aliphatic rings. The van der Waals surface area contributed by atoms with E-state index in [1.807, 2.05) is 19.0 Å². The average Bonchev–Trinajstić information content (AvgIpc) is 3.22. The molecule has 1 amide bonds. The predicted molar refractivity (Wildman–Crippen MR) is 80.0 cm³/mol. The summed E-state index contributed by atoms with van der Waals surface area (Å²) in [6, 6.07) is 3.32. The number of carboxylic acid groups (broad SMARTS) is 1. The first-order chi connectivity index (χ1) is 10.8. The highest BCUT2D eigenvalue weighted by molar-refractivity contribution is 5.86. The van der Waals surface area contributed by atoms with Gasteiger partial charge in [0.05, 0.1) is 0 Å². The van der Waals surface area contributed by atoms with Crippen LogP contribution in [0.3, 0.4) is 0 Å². The lowest BCUT2D eigenvalue weighted by Gasteiger charge is -2.23. The molecule has 2 atom stereocenters. The fraction of sp³-hybridized carbons (Fsp3) is 0.500. The van der Waals surface area contributed by atoms with Gasteiger partial charge in [0.2, 0.25) is 5.91 Å². The monoisotopic (exact) mass is 326 g/mol. The summed E-state index contributed by atoms with van der Waals surface area (Å²) in [5.74, 6) is -3.43. The van der Waals surface area contributed by atoms with E-state index in [9.17, 15) is 18.4 Å². The number of nitrogens with zero attached hydrogens (tertiary/aromatic N) is 2. The summed E-state index contributed by atoms with van der Waals surface area (Å²) in [4.78, 5) is 26.5. The number of hydrogen-bond acceptors (Lipinski definition) is 3. The minimum Gasteiger partial charge on any atom is -0.480 e. The summed E-state index contributed by atoms with van der Waals surface area (Å²) in [7, 11) is 3.66. The van der Waals surface area contributed by atoms with Crippen molar-refractivity contribution in [3.63, 3.8) is 0 Å². The van der Waals surface area contributed by atoms with Crippen molar-refractivity contribution in [2.24, 2.45) is 5.92 Å². The van der Waals surface area contributed by atoms with Gasteiger partial charge in [-0.25, -0.2) is 8.78 Å². The molecule has 0 aromatic heterocycles. The van der Waals surface area contributed by atoms with Crippen molar-refractivity contribution in [3.05, 3.63) is 35.4 Å². The molecular formula is C16H20F2N2O3. The smallest absolute Gasteiger partial charge is 0.323 e. The number of amides is 1. The quantitative estimate of drug-likeness (QED) is 0.826. The van der Waals surface area contributed by atoms with Gasteiger partial charge in [0, 0.05) is 25.1 Å². The highest BCUT2D eigenvalue weighted by Crippen LogP contribution is 2.49. The number of rotatable bonds is 7. The van der Waals surface area contributed by atoms with Crippen LogP contribution in [0.5, 0.6) is 0 Å². The maximum atomic E-state index is 13.8. The van der Waals surface area contributed by atoms with E-state index in [1.54, 1.807) is 0 Å². The van der Waals surface area contributed by atoms with Crippen LogP contribution in [0.15, 0.2) is 18.2 Å². The standard InChI is InChI=1S/C16H20F2N2O3/c1-19(2)5-6-20(9-15(21)22)16(23)13-8-12(13)11-4-3-10(17)7-14(11)18/h3-4,7,12-13H,5-6,8-9H2,1-2H3,(H,21,22)/t12-,13-/m0/s1. The summed E-state index contributed by atoms with van der Waals surface area (Å²) in [5.41, 5.74) is 0.313. The van der Waals surface area contributed by atoms with E-state index in [0.717, 1.165) is 6.07 Å². The number of benzene rings is 1. The van der Waals surface area contributed by atoms with Crippen molar-refractivity contribution in [1.82, 2.24) is 9.80 Å². The lowest BCUT2D eigenvalue weighted by atomic mass is 10.1. The van der Waals surface area contributed by atoms with E-state index in [4.69, 9.17) is 5.11 Å². The van der Waals surface area contributed by atoms with Gasteiger partial charge in [-0.1, -0.05) is 6.07 Å². The van der Waals surface area contributed by atoms with Crippen LogP contribution in [-0.4, -0.2) is 60.5 Å². The van der Waals surface area contributed by atoms with Gasteiger partial charge in [0.1, 0.15) is 18.2 Å². The van der Waals surface area contributed by atoms with Crippen molar-refractivity contribution in [2.75, 3.05) is 33.7 Å². The molecule has 1 fully saturated rings. The molecule has 7 heteroatoms. The minimum absolute atomic E-state index is 0.289. The molecule has 0 radical (unpaired) electrons. The number of carbonyl (C=O) groups is 2. The SMILES string of the molecule is CN(C)CCN(CC(=O)O)C(=O)[C@H]1C[C@H]1c1ccc(F)cc1F. The van der Waals surface area contributed by atoms with Gasteiger partial charge in [-0.3, -0.25) is 9.59 Å². The molecule has 1 aromatic carbocycles. The summed E-state index contributed by atoms with van der Waals surface area (Å²) in [6.07, 6.45) is 0.458. The lowest BCUT2D eigenvalue weighted by Crippen LogP contribution is -2.41. The first kappa shape index (κ1) is 17.3. The fourth-order valence-electron chi connectivity index (χ4n) is 2.60. The second-order valence-electron chi connectivity index (χ2n) is 6.07. The average molecular weight is 326 g/mol. The topological polar surface area (TPSA) is 60.9 Å². The van der Waals surface area contributed by atoms with Gasteiger partial charge in [0.15, 0.2) is 0 Å². The van der Waals surface area contributed by atoms with Gasteiger partial charge >= 0.3 is 5.97 Å². The highest BCUT2D eigenvalue weighted by Gasteiger charge is 2.47. The second kappa shape index (κ2) is 7.04. The molecule has 5 nitrogen and oxygen atoms in total. The zero-order valence-corrected chi connectivity index (χ0v) is 13.1. The van der Waals surface area contributed by atoms with Crippen LogP contribution in [0, 0.1) is 17.6 Å². The molecular weight excluding hydrogens is 306 g/mol. The first-order valence-corrected chi connectivity index (χ1v) is 7.40. The Bertz CT molecular complexity index is 607. The summed E-state index contributed by atoms with van der Waals surface area (Å²) < 4.78 is 26.7. The van der Waals surface area contributed by atoms with Crippen LogP contribution in [0.25, 0.3) is 0 Å². The van der Waals surface area contributed by atoms with E-state index in [-0.39, 0.29) is 18.4 Å². The molecule has 2 rings (SSSR count). The van der Waals surface area contributed by atoms with E-state index in [2.05, 4.69) is 0 Å². The number of likely N-dealkylation sites (N-methyl/N-ethyl adjacent to an activating group) is 1. The molecule has 23 heavy (non-hydrogen) atoms. The van der Waals surface area contributed by atoms with Crippen molar-refractivity contribution >= 4 is 11.9 Å². The highest BCUT2D eigenvalue weighted by atomic mass is 19.1. The molecule has 0 bridgehead atoms. The van der Waals surface area contributed by atoms with Crippen LogP contribution in [0.4, 0.5) is 8.78 Å². The number of halogens is 2. The normalized spacial score (nSPS) is 19.7. The van der Waals surface area contributed by atoms with Crippen LogP contribution < -0.4 is 0 Å². The zero-order valence-electron chi connectivity index (χ0n) is 13.1. The van der Waals surface area contributed by atoms with Gasteiger partial charge in [0.25, 0.3) is 0 Å². The maximum Gasteiger partial charge on any atom is 0.323 e. The van der Waals surface area contributed by atoms with Crippen molar-refractivity contribution in [1.29, 1.82) is 0 Å². The minimum atomic E-state index is -1.08. The van der Waals surface area contributed by atoms with Gasteiger partial charge < -0.3 is 14.9 Å². The Hall–Kier alpha value is -2.02. The number of carbonyl (C=O) groups excluding carboxylic acids is 1. The van der Waals surface area contributed by atoms with Crippen LogP contribution in [0.2, 0.25) is 0 Å². The molecule has 1 aliphatic carbocycles. The van der Waals surface area contributed by atoms with Crippen molar-refractivity contribution in [3.8, 4) is 0 Å². The van der Waals surface area contributed by atoms with Crippen LogP contribution in [0.1, 0.15) is 17.9 Å². The van der Waals surface area contributed by atoms with E-state index >= 15 is 0 Å². The largest absolute Gasteiger partial charge is 0.480 e. The molecule has 0 spiro atoms. The summed E-state index contributed by atoms with van der Waals surface area (Å²) >= 11 is 0. The predicted octanol–water partition coefficient (Wildman–Crippen LogP) is 1.54. The van der Waals surface area contributed by atoms with Gasteiger partial charge in [-0.2, -0.15) is 0 Å². The fourth-order valence-corrected chi connectivity index (χ4v) is 2.60. The lowest BCUT2D eigenvalue weighted by molar-refractivity contribution is -0.145. The Morgan fingerprint density at radius 3 is 2.52 bits per heavy atom. The number of hydrogen-bond donors (Lipinski definition) is 1. The second-order valence-corrected chi connectivity index (χ2v) is 6.07. The van der Waals surface area contributed by atoms with E-state index in [0.29, 0.717) is 25.1 Å². The van der Waals surface area contributed by atoms with Crippen molar-refractivity contribution in [2.45, 2.75) is 12.3 Å². The molecule has 0 aliphatic heterocycles. The van der Waals surface area contributed by atoms with Crippen LogP contribution >= 0.6 is 0 Å². The Morgan fingerprint density at radius 1 is 1.26 bits per heavy atom. The molecule has 126 valence electrons. The van der Waals surface area contributed by atoms with Gasteiger partial charge in [-0.05, 0) is 38.1 Å². The molecule has 1 aromatic rings. The Labute approximate surface area is 133 Å². The molecule has 0 unspecified atom stereocenters. The van der Waals surface area contributed by atoms with Crippen molar-refractivity contribution < 1.29 is 23.5 Å². The number of carboxylic acids is 1. The molecule has 1 N–H and O–H groups in total. The van der Waals surface area contributed by atoms with E-state index < -0.39 is 23.5 Å². The third kappa shape index (κ3) is 4.48. The summed E-state index contributed by atoms with van der Waals surface area (Å²) in [6.45, 7) is 0.469. The Kier molecular flexibility index (Phi) is 5.30. The van der Waals surface area contributed by atoms with Crippen LogP contribution in [-0.2, 0) is 9.59 Å². The molecule has 1 saturated carbocycles. The maximum absolute atomic E-state index is 13.8. The third-order valence-electron chi connectivity index (χ3n) is 3.92. The first-order valence-electron chi connectivity index (χ1n) is 7.40. The van der Waals surface area contributed by atoms with E-state index in [1.165, 1.54) is 17.0 Å². The molecule has 0 heterocycles. The third-order valence-corrected chi connectivity index (χ3v) is 3.92. The Balaban J connectivity index is 2.05. The summed E-state index contributed by atoms with van der Waals surface area (Å²) in [5, 5.41) is 8.95. The Morgan fingerprint density at radius 2 is 1.96 bits per heavy atom. The number of aliphatic carboxylic acids is 1. The van der Waals surface area contributed by atoms with Gasteiger partial charge in [-0.15, -0.1) is 0 Å². The zero-order chi connectivity index (χ0) is 17.1.